The average Bonchev–Trinajstić information content (AvgIpc) is 2.56. The van der Waals surface area contributed by atoms with Crippen molar-refractivity contribution in [1.29, 1.82) is 0 Å². The number of hydrogen-bond donors (Lipinski definition) is 1. The highest BCUT2D eigenvalue weighted by molar-refractivity contribution is 5.97. The number of pyridine rings is 2. The number of aryl methyl sites for hydroxylation is 1. The van der Waals surface area contributed by atoms with Gasteiger partial charge in [0.05, 0.1) is 0 Å². The van der Waals surface area contributed by atoms with E-state index in [0.29, 0.717) is 18.1 Å². The van der Waals surface area contributed by atoms with Crippen LogP contribution in [-0.2, 0) is 6.54 Å². The molecule has 0 bridgehead atoms. The van der Waals surface area contributed by atoms with Crippen molar-refractivity contribution < 1.29 is 4.79 Å². The Morgan fingerprint density at radius 2 is 2.17 bits per heavy atom. The van der Waals surface area contributed by atoms with E-state index in [2.05, 4.69) is 17.2 Å². The van der Waals surface area contributed by atoms with Crippen molar-refractivity contribution in [1.82, 2.24) is 14.9 Å². The van der Waals surface area contributed by atoms with Gasteiger partial charge in [0.15, 0.2) is 0 Å². The third kappa shape index (κ3) is 3.00. The smallest absolute Gasteiger partial charge is 0.265 e. The lowest BCUT2D eigenvalue weighted by atomic mass is 9.86. The number of rotatable bonds is 3. The highest BCUT2D eigenvalue weighted by Crippen LogP contribution is 2.24. The van der Waals surface area contributed by atoms with Crippen molar-refractivity contribution in [2.45, 2.75) is 52.1 Å². The number of nitrogens with one attached hydrogen (secondary N) is 1. The molecule has 2 heterocycles. The molecule has 5 heteroatoms. The van der Waals surface area contributed by atoms with Crippen molar-refractivity contribution >= 4 is 16.9 Å². The van der Waals surface area contributed by atoms with E-state index in [4.69, 9.17) is 0 Å². The Hall–Kier alpha value is -2.17. The number of carbonyl (C=O) groups is 1. The minimum atomic E-state index is -0.264. The van der Waals surface area contributed by atoms with Crippen LogP contribution >= 0.6 is 0 Å². The van der Waals surface area contributed by atoms with Gasteiger partial charge in [0, 0.05) is 24.2 Å². The van der Waals surface area contributed by atoms with Crippen LogP contribution in [0, 0.1) is 5.92 Å². The molecule has 0 unspecified atom stereocenters. The largest absolute Gasteiger partial charge is 0.349 e. The Kier molecular flexibility index (Phi) is 4.46. The summed E-state index contributed by atoms with van der Waals surface area (Å²) in [4.78, 5) is 29.6. The molecule has 1 fully saturated rings. The summed E-state index contributed by atoms with van der Waals surface area (Å²) in [5, 5.41) is 3.88. The van der Waals surface area contributed by atoms with Gasteiger partial charge in [-0.25, -0.2) is 4.98 Å². The molecule has 0 aromatic carbocycles. The van der Waals surface area contributed by atoms with Gasteiger partial charge >= 0.3 is 0 Å². The van der Waals surface area contributed by atoms with Gasteiger partial charge < -0.3 is 5.32 Å². The van der Waals surface area contributed by atoms with Crippen molar-refractivity contribution in [2.24, 2.45) is 5.92 Å². The van der Waals surface area contributed by atoms with E-state index in [1.54, 1.807) is 16.8 Å². The lowest BCUT2D eigenvalue weighted by Crippen LogP contribution is -2.43. The molecule has 2 aromatic heterocycles. The number of aromatic nitrogens is 2. The Balaban J connectivity index is 1.97. The lowest BCUT2D eigenvalue weighted by Gasteiger charge is -2.29. The Morgan fingerprint density at radius 3 is 2.91 bits per heavy atom. The molecular weight excluding hydrogens is 290 g/mol. The van der Waals surface area contributed by atoms with Crippen molar-refractivity contribution in [3.8, 4) is 0 Å². The van der Waals surface area contributed by atoms with Gasteiger partial charge in [-0.15, -0.1) is 0 Å². The number of nitrogens with zero attached hydrogens (tertiary/aromatic N) is 2. The highest BCUT2D eigenvalue weighted by atomic mass is 16.2. The molecule has 1 aliphatic carbocycles. The quantitative estimate of drug-likeness (QED) is 0.947. The molecule has 2 aromatic rings. The molecule has 1 aliphatic rings. The molecule has 1 N–H and O–H groups in total. The molecule has 3 rings (SSSR count). The van der Waals surface area contributed by atoms with Gasteiger partial charge in [0.25, 0.3) is 11.5 Å². The Bertz CT molecular complexity index is 781. The van der Waals surface area contributed by atoms with Gasteiger partial charge in [-0.3, -0.25) is 14.2 Å². The summed E-state index contributed by atoms with van der Waals surface area (Å²) in [6.07, 6.45) is 6.14. The van der Waals surface area contributed by atoms with E-state index in [1.165, 1.54) is 6.42 Å². The molecule has 5 nitrogen and oxygen atoms in total. The first-order valence-electron chi connectivity index (χ1n) is 8.41. The minimum absolute atomic E-state index is 0.162. The van der Waals surface area contributed by atoms with Gasteiger partial charge in [0.1, 0.15) is 11.2 Å². The van der Waals surface area contributed by atoms with Gasteiger partial charge in [-0.2, -0.15) is 0 Å². The Labute approximate surface area is 135 Å². The molecule has 0 radical (unpaired) electrons. The summed E-state index contributed by atoms with van der Waals surface area (Å²) in [6, 6.07) is 5.53. The van der Waals surface area contributed by atoms with Crippen LogP contribution in [0.3, 0.4) is 0 Å². The van der Waals surface area contributed by atoms with E-state index in [9.17, 15) is 9.59 Å². The minimum Gasteiger partial charge on any atom is -0.349 e. The standard InChI is InChI=1S/C18H23N3O2/c1-3-21-16-13(8-6-10-19-16)11-14(18(21)23)17(22)20-15-9-5-4-7-12(15)2/h6,8,10-12,15H,3-5,7,9H2,1-2H3,(H,20,22)/t12-,15-/m1/s1. The van der Waals surface area contributed by atoms with Crippen molar-refractivity contribution in [2.75, 3.05) is 0 Å². The summed E-state index contributed by atoms with van der Waals surface area (Å²) in [7, 11) is 0. The average molecular weight is 313 g/mol. The van der Waals surface area contributed by atoms with Crippen LogP contribution in [0.25, 0.3) is 11.0 Å². The second-order valence-electron chi connectivity index (χ2n) is 6.37. The van der Waals surface area contributed by atoms with Crippen LogP contribution in [0.2, 0.25) is 0 Å². The molecule has 0 spiro atoms. The zero-order valence-corrected chi connectivity index (χ0v) is 13.7. The predicted molar refractivity (Wildman–Crippen MR) is 90.6 cm³/mol. The van der Waals surface area contributed by atoms with Crippen molar-refractivity contribution in [3.05, 3.63) is 40.3 Å². The molecule has 1 saturated carbocycles. The van der Waals surface area contributed by atoms with E-state index >= 15 is 0 Å². The summed E-state index contributed by atoms with van der Waals surface area (Å²) in [5.41, 5.74) is 0.576. The normalized spacial score (nSPS) is 21.3. The third-order valence-electron chi connectivity index (χ3n) is 4.84. The maximum atomic E-state index is 12.6. The monoisotopic (exact) mass is 313 g/mol. The maximum Gasteiger partial charge on any atom is 0.265 e. The fourth-order valence-electron chi connectivity index (χ4n) is 3.44. The molecule has 1 amide bonds. The zero-order chi connectivity index (χ0) is 16.4. The number of fused-ring (bicyclic) bond motifs is 1. The fraction of sp³-hybridized carbons (Fsp3) is 0.500. The number of hydrogen-bond acceptors (Lipinski definition) is 3. The van der Waals surface area contributed by atoms with E-state index in [0.717, 1.165) is 24.6 Å². The van der Waals surface area contributed by atoms with Crippen LogP contribution in [0.4, 0.5) is 0 Å². The molecule has 122 valence electrons. The zero-order valence-electron chi connectivity index (χ0n) is 13.7. The molecule has 23 heavy (non-hydrogen) atoms. The molecule has 0 aliphatic heterocycles. The number of carbonyl (C=O) groups excluding carboxylic acids is 1. The van der Waals surface area contributed by atoms with E-state index < -0.39 is 0 Å². The van der Waals surface area contributed by atoms with Crippen LogP contribution in [-0.4, -0.2) is 21.5 Å². The predicted octanol–water partition coefficient (Wildman–Crippen LogP) is 2.72. The first kappa shape index (κ1) is 15.7. The summed E-state index contributed by atoms with van der Waals surface area (Å²) in [5.74, 6) is 0.199. The van der Waals surface area contributed by atoms with Crippen molar-refractivity contribution in [3.63, 3.8) is 0 Å². The van der Waals surface area contributed by atoms with Crippen LogP contribution in [0.15, 0.2) is 29.2 Å². The second kappa shape index (κ2) is 6.52. The van der Waals surface area contributed by atoms with E-state index in [-0.39, 0.29) is 23.1 Å². The van der Waals surface area contributed by atoms with Crippen LogP contribution < -0.4 is 10.9 Å². The fourth-order valence-corrected chi connectivity index (χ4v) is 3.44. The molecule has 2 atom stereocenters. The summed E-state index contributed by atoms with van der Waals surface area (Å²) in [6.45, 7) is 4.55. The SMILES string of the molecule is CCn1c(=O)c(C(=O)N[C@@H]2CCCC[C@H]2C)cc2cccnc21. The van der Waals surface area contributed by atoms with Crippen LogP contribution in [0.1, 0.15) is 49.9 Å². The maximum absolute atomic E-state index is 12.6. The summed E-state index contributed by atoms with van der Waals surface area (Å²) < 4.78 is 1.56. The second-order valence-corrected chi connectivity index (χ2v) is 6.37. The van der Waals surface area contributed by atoms with Gasteiger partial charge in [0.2, 0.25) is 0 Å². The summed E-state index contributed by atoms with van der Waals surface area (Å²) >= 11 is 0. The Morgan fingerprint density at radius 1 is 1.39 bits per heavy atom. The first-order valence-corrected chi connectivity index (χ1v) is 8.41. The molecular formula is C18H23N3O2. The third-order valence-corrected chi connectivity index (χ3v) is 4.84. The van der Waals surface area contributed by atoms with E-state index in [1.807, 2.05) is 19.1 Å². The number of amides is 1. The molecule has 0 saturated heterocycles. The lowest BCUT2D eigenvalue weighted by molar-refractivity contribution is 0.0908. The highest BCUT2D eigenvalue weighted by Gasteiger charge is 2.25. The van der Waals surface area contributed by atoms with Gasteiger partial charge in [-0.05, 0) is 43.9 Å². The topological polar surface area (TPSA) is 64.0 Å². The van der Waals surface area contributed by atoms with Gasteiger partial charge in [-0.1, -0.05) is 19.8 Å². The van der Waals surface area contributed by atoms with Crippen LogP contribution in [0.5, 0.6) is 0 Å². The first-order chi connectivity index (χ1) is 11.1.